The molecule has 0 saturated heterocycles. The van der Waals surface area contributed by atoms with Crippen molar-refractivity contribution in [2.24, 2.45) is 0 Å². The molecule has 0 unspecified atom stereocenters. The van der Waals surface area contributed by atoms with E-state index in [0.29, 0.717) is 5.75 Å². The topological polar surface area (TPSA) is 105 Å². The summed E-state index contributed by atoms with van der Waals surface area (Å²) < 4.78 is 10.2. The predicted octanol–water partition coefficient (Wildman–Crippen LogP) is 2.55. The van der Waals surface area contributed by atoms with Crippen LogP contribution in [0.3, 0.4) is 0 Å². The van der Waals surface area contributed by atoms with Gasteiger partial charge in [0.25, 0.3) is 0 Å². The van der Waals surface area contributed by atoms with E-state index in [2.05, 4.69) is 5.32 Å². The maximum Gasteiger partial charge on any atom is 0.412 e. The summed E-state index contributed by atoms with van der Waals surface area (Å²) in [5.41, 5.74) is -0.167. The third kappa shape index (κ3) is 5.61. The van der Waals surface area contributed by atoms with E-state index >= 15 is 0 Å². The summed E-state index contributed by atoms with van der Waals surface area (Å²) >= 11 is 0. The standard InChI is InChI=1S/C15H21NO6/c1-15(2,3)22-14(20)16-11-7-9(21-4)5-6-10(11)12(17)8-13(18)19/h5-7,12,17H,8H2,1-4H3,(H,16,20)(H,18,19)/t12-/m1/s1. The van der Waals surface area contributed by atoms with Gasteiger partial charge < -0.3 is 19.7 Å². The average Bonchev–Trinajstić information content (AvgIpc) is 2.35. The van der Waals surface area contributed by atoms with Gasteiger partial charge in [0.05, 0.1) is 25.3 Å². The van der Waals surface area contributed by atoms with Crippen molar-refractivity contribution in [3.05, 3.63) is 23.8 Å². The summed E-state index contributed by atoms with van der Waals surface area (Å²) in [7, 11) is 1.46. The van der Waals surface area contributed by atoms with Gasteiger partial charge >= 0.3 is 12.1 Å². The average molecular weight is 311 g/mol. The third-order valence-corrected chi connectivity index (χ3v) is 2.62. The number of carbonyl (C=O) groups excluding carboxylic acids is 1. The molecule has 0 spiro atoms. The molecule has 1 aromatic carbocycles. The smallest absolute Gasteiger partial charge is 0.412 e. The maximum absolute atomic E-state index is 11.9. The van der Waals surface area contributed by atoms with Crippen molar-refractivity contribution >= 4 is 17.7 Å². The molecule has 1 aromatic rings. The fraction of sp³-hybridized carbons (Fsp3) is 0.467. The van der Waals surface area contributed by atoms with Crippen molar-refractivity contribution in [2.45, 2.75) is 38.9 Å². The number of amides is 1. The molecule has 1 atom stereocenters. The molecule has 0 radical (unpaired) electrons. The molecule has 7 heteroatoms. The van der Waals surface area contributed by atoms with Gasteiger partial charge in [0.15, 0.2) is 0 Å². The Morgan fingerprint density at radius 1 is 1.32 bits per heavy atom. The van der Waals surface area contributed by atoms with Crippen molar-refractivity contribution < 1.29 is 29.3 Å². The summed E-state index contributed by atoms with van der Waals surface area (Å²) in [4.78, 5) is 22.6. The Kier molecular flexibility index (Phi) is 5.76. The number of anilines is 1. The largest absolute Gasteiger partial charge is 0.497 e. The highest BCUT2D eigenvalue weighted by Crippen LogP contribution is 2.29. The van der Waals surface area contributed by atoms with Gasteiger partial charge in [0.2, 0.25) is 0 Å². The van der Waals surface area contributed by atoms with E-state index in [1.165, 1.54) is 19.2 Å². The highest BCUT2D eigenvalue weighted by Gasteiger charge is 2.21. The van der Waals surface area contributed by atoms with Gasteiger partial charge in [-0.3, -0.25) is 10.1 Å². The Labute approximate surface area is 128 Å². The molecule has 122 valence electrons. The predicted molar refractivity (Wildman–Crippen MR) is 80.1 cm³/mol. The second-order valence-corrected chi connectivity index (χ2v) is 5.69. The first kappa shape index (κ1) is 17.8. The summed E-state index contributed by atoms with van der Waals surface area (Å²) in [5.74, 6) is -0.691. The number of aliphatic carboxylic acids is 1. The Hall–Kier alpha value is -2.28. The van der Waals surface area contributed by atoms with E-state index < -0.39 is 30.2 Å². The lowest BCUT2D eigenvalue weighted by atomic mass is 10.0. The number of ether oxygens (including phenoxy) is 2. The molecule has 0 aliphatic heterocycles. The van der Waals surface area contributed by atoms with Crippen LogP contribution in [0.2, 0.25) is 0 Å². The van der Waals surface area contributed by atoms with E-state index in [-0.39, 0.29) is 11.3 Å². The van der Waals surface area contributed by atoms with Gasteiger partial charge in [-0.1, -0.05) is 6.07 Å². The molecule has 0 aromatic heterocycles. The normalized spacial score (nSPS) is 12.4. The van der Waals surface area contributed by atoms with Gasteiger partial charge in [0.1, 0.15) is 11.4 Å². The number of nitrogens with one attached hydrogen (secondary N) is 1. The van der Waals surface area contributed by atoms with Crippen LogP contribution in [0.5, 0.6) is 5.75 Å². The Morgan fingerprint density at radius 2 is 1.95 bits per heavy atom. The van der Waals surface area contributed by atoms with E-state index in [1.807, 2.05) is 0 Å². The minimum absolute atomic E-state index is 0.238. The summed E-state index contributed by atoms with van der Waals surface area (Å²) in [6.45, 7) is 5.16. The first-order valence-corrected chi connectivity index (χ1v) is 6.70. The lowest BCUT2D eigenvalue weighted by Crippen LogP contribution is -2.27. The highest BCUT2D eigenvalue weighted by atomic mass is 16.6. The van der Waals surface area contributed by atoms with Crippen LogP contribution in [0.1, 0.15) is 38.9 Å². The molecule has 0 heterocycles. The first-order valence-electron chi connectivity index (χ1n) is 6.70. The van der Waals surface area contributed by atoms with Crippen LogP contribution in [0, 0.1) is 0 Å². The number of rotatable bonds is 5. The lowest BCUT2D eigenvalue weighted by molar-refractivity contribution is -0.139. The number of benzene rings is 1. The van der Waals surface area contributed by atoms with Crippen molar-refractivity contribution in [1.82, 2.24) is 0 Å². The molecular weight excluding hydrogens is 290 g/mol. The van der Waals surface area contributed by atoms with E-state index in [4.69, 9.17) is 14.6 Å². The second kappa shape index (κ2) is 7.13. The number of methoxy groups -OCH3 is 1. The van der Waals surface area contributed by atoms with Crippen LogP contribution >= 0.6 is 0 Å². The van der Waals surface area contributed by atoms with Crippen LogP contribution in [0.25, 0.3) is 0 Å². The minimum Gasteiger partial charge on any atom is -0.497 e. The summed E-state index contributed by atoms with van der Waals surface area (Å²) in [6, 6.07) is 4.56. The molecule has 7 nitrogen and oxygen atoms in total. The number of aliphatic hydroxyl groups excluding tert-OH is 1. The van der Waals surface area contributed by atoms with Crippen molar-refractivity contribution in [3.63, 3.8) is 0 Å². The molecule has 0 bridgehead atoms. The van der Waals surface area contributed by atoms with Crippen LogP contribution in [-0.4, -0.2) is 35.0 Å². The quantitative estimate of drug-likeness (QED) is 0.772. The lowest BCUT2D eigenvalue weighted by Gasteiger charge is -2.21. The summed E-state index contributed by atoms with van der Waals surface area (Å²) in [6.07, 6.45) is -2.44. The molecule has 0 aliphatic rings. The molecule has 1 rings (SSSR count). The van der Waals surface area contributed by atoms with Crippen molar-refractivity contribution in [3.8, 4) is 5.75 Å². The van der Waals surface area contributed by atoms with Gasteiger partial charge in [0, 0.05) is 11.6 Å². The number of carboxylic acid groups (broad SMARTS) is 1. The van der Waals surface area contributed by atoms with Crippen molar-refractivity contribution in [2.75, 3.05) is 12.4 Å². The van der Waals surface area contributed by atoms with Gasteiger partial charge in [-0.2, -0.15) is 0 Å². The maximum atomic E-state index is 11.9. The molecule has 22 heavy (non-hydrogen) atoms. The van der Waals surface area contributed by atoms with Crippen LogP contribution in [0.15, 0.2) is 18.2 Å². The number of hydrogen-bond acceptors (Lipinski definition) is 5. The summed E-state index contributed by atoms with van der Waals surface area (Å²) in [5, 5.41) is 21.2. The third-order valence-electron chi connectivity index (χ3n) is 2.62. The molecular formula is C15H21NO6. The Balaban J connectivity index is 3.03. The first-order chi connectivity index (χ1) is 10.1. The van der Waals surface area contributed by atoms with E-state index in [0.717, 1.165) is 0 Å². The fourth-order valence-corrected chi connectivity index (χ4v) is 1.75. The van der Waals surface area contributed by atoms with Gasteiger partial charge in [-0.15, -0.1) is 0 Å². The number of carboxylic acids is 1. The van der Waals surface area contributed by atoms with Crippen LogP contribution in [0.4, 0.5) is 10.5 Å². The minimum atomic E-state index is -1.26. The molecule has 1 amide bonds. The number of aliphatic hydroxyl groups is 1. The molecule has 0 aliphatic carbocycles. The molecule has 0 fully saturated rings. The monoisotopic (exact) mass is 311 g/mol. The van der Waals surface area contributed by atoms with E-state index in [1.54, 1.807) is 26.8 Å². The zero-order valence-corrected chi connectivity index (χ0v) is 13.0. The number of carbonyl (C=O) groups is 2. The SMILES string of the molecule is COc1ccc([C@H](O)CC(=O)O)c(NC(=O)OC(C)(C)C)c1. The van der Waals surface area contributed by atoms with Crippen LogP contribution < -0.4 is 10.1 Å². The van der Waals surface area contributed by atoms with Gasteiger partial charge in [-0.25, -0.2) is 4.79 Å². The zero-order chi connectivity index (χ0) is 16.9. The van der Waals surface area contributed by atoms with Gasteiger partial charge in [-0.05, 0) is 26.8 Å². The molecule has 3 N–H and O–H groups in total. The van der Waals surface area contributed by atoms with Crippen molar-refractivity contribution in [1.29, 1.82) is 0 Å². The molecule has 0 saturated carbocycles. The highest BCUT2D eigenvalue weighted by molar-refractivity contribution is 5.86. The number of hydrogen-bond donors (Lipinski definition) is 3. The fourth-order valence-electron chi connectivity index (χ4n) is 1.75. The van der Waals surface area contributed by atoms with E-state index in [9.17, 15) is 14.7 Å². The van der Waals surface area contributed by atoms with Crippen LogP contribution in [-0.2, 0) is 9.53 Å². The Morgan fingerprint density at radius 3 is 2.45 bits per heavy atom. The Bertz CT molecular complexity index is 549. The zero-order valence-electron chi connectivity index (χ0n) is 13.0. The second-order valence-electron chi connectivity index (χ2n) is 5.69.